The lowest BCUT2D eigenvalue weighted by Crippen LogP contribution is -1.88. The molecule has 2 N–H and O–H groups in total. The molecule has 3 heteroatoms. The Morgan fingerprint density at radius 3 is 2.71 bits per heavy atom. The van der Waals surface area contributed by atoms with Crippen LogP contribution in [0.25, 0.3) is 10.8 Å². The van der Waals surface area contributed by atoms with Crippen LogP contribution in [0.5, 0.6) is 0 Å². The molecule has 14 heavy (non-hydrogen) atoms. The van der Waals surface area contributed by atoms with Crippen molar-refractivity contribution in [3.05, 3.63) is 46.4 Å². The standard InChI is InChI=1S/C11H9BrN2/c12-11-9(7-14-13)6-5-8-3-1-2-4-10(8)11/h1-7H,13H2. The Kier molecular flexibility index (Phi) is 2.50. The zero-order valence-electron chi connectivity index (χ0n) is 7.44. The van der Waals surface area contributed by atoms with Gasteiger partial charge in [0.25, 0.3) is 0 Å². The van der Waals surface area contributed by atoms with E-state index in [9.17, 15) is 0 Å². The zero-order valence-corrected chi connectivity index (χ0v) is 9.03. The fraction of sp³-hybridized carbons (Fsp3) is 0. The minimum Gasteiger partial charge on any atom is -0.323 e. The Balaban J connectivity index is 2.75. The minimum absolute atomic E-state index is 0.992. The lowest BCUT2D eigenvalue weighted by molar-refractivity contribution is 1.26. The molecule has 0 spiro atoms. The average molecular weight is 249 g/mol. The molecule has 0 radical (unpaired) electrons. The molecular formula is C11H9BrN2. The van der Waals surface area contributed by atoms with E-state index >= 15 is 0 Å². The fourth-order valence-electron chi connectivity index (χ4n) is 1.43. The first-order valence-electron chi connectivity index (χ1n) is 4.23. The van der Waals surface area contributed by atoms with Crippen molar-refractivity contribution in [1.82, 2.24) is 0 Å². The Bertz CT molecular complexity index is 492. The Hall–Kier alpha value is -1.35. The largest absolute Gasteiger partial charge is 0.323 e. The lowest BCUT2D eigenvalue weighted by atomic mass is 10.1. The molecule has 0 saturated heterocycles. The number of benzene rings is 2. The molecule has 2 aromatic carbocycles. The molecule has 0 aliphatic rings. The van der Waals surface area contributed by atoms with E-state index in [2.05, 4.69) is 39.2 Å². The third-order valence-electron chi connectivity index (χ3n) is 2.11. The number of rotatable bonds is 1. The summed E-state index contributed by atoms with van der Waals surface area (Å²) in [4.78, 5) is 0. The van der Waals surface area contributed by atoms with Crippen molar-refractivity contribution in [2.24, 2.45) is 10.9 Å². The summed E-state index contributed by atoms with van der Waals surface area (Å²) in [6.45, 7) is 0. The normalized spacial score (nSPS) is 11.2. The Labute approximate surface area is 90.6 Å². The summed E-state index contributed by atoms with van der Waals surface area (Å²) >= 11 is 3.54. The molecule has 0 amide bonds. The van der Waals surface area contributed by atoms with Gasteiger partial charge in [0.1, 0.15) is 0 Å². The third-order valence-corrected chi connectivity index (χ3v) is 2.99. The maximum Gasteiger partial charge on any atom is 0.0549 e. The Morgan fingerprint density at radius 2 is 1.93 bits per heavy atom. The molecule has 0 aliphatic carbocycles. The number of fused-ring (bicyclic) bond motifs is 1. The lowest BCUT2D eigenvalue weighted by Gasteiger charge is -2.03. The maximum atomic E-state index is 5.12. The predicted molar refractivity (Wildman–Crippen MR) is 63.4 cm³/mol. The van der Waals surface area contributed by atoms with E-state index in [0.29, 0.717) is 0 Å². The SMILES string of the molecule is NN=Cc1ccc2ccccc2c1Br. The zero-order chi connectivity index (χ0) is 9.97. The maximum absolute atomic E-state index is 5.12. The molecule has 0 bridgehead atoms. The summed E-state index contributed by atoms with van der Waals surface area (Å²) in [7, 11) is 0. The third kappa shape index (κ3) is 1.51. The van der Waals surface area contributed by atoms with Gasteiger partial charge in [-0.05, 0) is 26.7 Å². The molecule has 0 unspecified atom stereocenters. The van der Waals surface area contributed by atoms with Gasteiger partial charge in [0.2, 0.25) is 0 Å². The van der Waals surface area contributed by atoms with Crippen LogP contribution in [-0.4, -0.2) is 6.21 Å². The monoisotopic (exact) mass is 248 g/mol. The molecule has 0 fully saturated rings. The van der Waals surface area contributed by atoms with Crippen LogP contribution in [0, 0.1) is 0 Å². The highest BCUT2D eigenvalue weighted by Gasteiger charge is 2.01. The van der Waals surface area contributed by atoms with Crippen molar-refractivity contribution >= 4 is 32.9 Å². The number of hydrazone groups is 1. The number of nitrogens with two attached hydrogens (primary N) is 1. The van der Waals surface area contributed by atoms with Crippen LogP contribution in [0.1, 0.15) is 5.56 Å². The van der Waals surface area contributed by atoms with E-state index in [1.54, 1.807) is 6.21 Å². The fourth-order valence-corrected chi connectivity index (χ4v) is 2.03. The van der Waals surface area contributed by atoms with Crippen LogP contribution in [-0.2, 0) is 0 Å². The number of hydrogen-bond acceptors (Lipinski definition) is 2. The first-order valence-corrected chi connectivity index (χ1v) is 5.03. The van der Waals surface area contributed by atoms with Crippen LogP contribution in [0.2, 0.25) is 0 Å². The molecule has 2 rings (SSSR count). The number of nitrogens with zero attached hydrogens (tertiary/aromatic N) is 1. The highest BCUT2D eigenvalue weighted by Crippen LogP contribution is 2.26. The molecular weight excluding hydrogens is 240 g/mol. The van der Waals surface area contributed by atoms with E-state index in [-0.39, 0.29) is 0 Å². The summed E-state index contributed by atoms with van der Waals surface area (Å²) in [6, 6.07) is 12.2. The van der Waals surface area contributed by atoms with Gasteiger partial charge in [-0.2, -0.15) is 5.10 Å². The van der Waals surface area contributed by atoms with E-state index < -0.39 is 0 Å². The van der Waals surface area contributed by atoms with E-state index in [4.69, 9.17) is 5.84 Å². The van der Waals surface area contributed by atoms with Gasteiger partial charge in [-0.15, -0.1) is 0 Å². The summed E-state index contributed by atoms with van der Waals surface area (Å²) in [5.41, 5.74) is 0.992. The summed E-state index contributed by atoms with van der Waals surface area (Å²) in [5, 5.41) is 5.89. The van der Waals surface area contributed by atoms with Gasteiger partial charge in [-0.3, -0.25) is 0 Å². The quantitative estimate of drug-likeness (QED) is 0.471. The highest BCUT2D eigenvalue weighted by atomic mass is 79.9. The minimum atomic E-state index is 0.992. The van der Waals surface area contributed by atoms with Crippen molar-refractivity contribution in [3.63, 3.8) is 0 Å². The van der Waals surface area contributed by atoms with Crippen molar-refractivity contribution < 1.29 is 0 Å². The summed E-state index contributed by atoms with van der Waals surface area (Å²) < 4.78 is 1.03. The topological polar surface area (TPSA) is 38.4 Å². The van der Waals surface area contributed by atoms with Crippen LogP contribution >= 0.6 is 15.9 Å². The van der Waals surface area contributed by atoms with E-state index in [1.807, 2.05) is 18.2 Å². The second-order valence-corrected chi connectivity index (χ2v) is 3.76. The molecule has 2 aromatic rings. The molecule has 0 atom stereocenters. The van der Waals surface area contributed by atoms with Gasteiger partial charge in [-0.25, -0.2) is 0 Å². The van der Waals surface area contributed by atoms with Crippen molar-refractivity contribution in [3.8, 4) is 0 Å². The predicted octanol–water partition coefficient (Wildman–Crippen LogP) is 2.89. The molecule has 0 heterocycles. The molecule has 0 aromatic heterocycles. The Morgan fingerprint density at radius 1 is 1.14 bits per heavy atom. The van der Waals surface area contributed by atoms with Gasteiger partial charge < -0.3 is 5.84 Å². The van der Waals surface area contributed by atoms with Crippen LogP contribution < -0.4 is 5.84 Å². The molecule has 0 aliphatic heterocycles. The van der Waals surface area contributed by atoms with Crippen LogP contribution in [0.15, 0.2) is 46.0 Å². The van der Waals surface area contributed by atoms with E-state index in [0.717, 1.165) is 10.0 Å². The highest BCUT2D eigenvalue weighted by molar-refractivity contribution is 9.10. The van der Waals surface area contributed by atoms with Crippen molar-refractivity contribution in [2.45, 2.75) is 0 Å². The van der Waals surface area contributed by atoms with Crippen molar-refractivity contribution in [1.29, 1.82) is 0 Å². The van der Waals surface area contributed by atoms with Gasteiger partial charge in [-0.1, -0.05) is 36.4 Å². The average Bonchev–Trinajstić information content (AvgIpc) is 2.23. The number of halogens is 1. The van der Waals surface area contributed by atoms with E-state index in [1.165, 1.54) is 10.8 Å². The second-order valence-electron chi connectivity index (χ2n) is 2.97. The van der Waals surface area contributed by atoms with Crippen molar-refractivity contribution in [2.75, 3.05) is 0 Å². The summed E-state index contributed by atoms with van der Waals surface area (Å²) in [6.07, 6.45) is 1.64. The van der Waals surface area contributed by atoms with Gasteiger partial charge in [0.05, 0.1) is 6.21 Å². The smallest absolute Gasteiger partial charge is 0.0549 e. The molecule has 0 saturated carbocycles. The van der Waals surface area contributed by atoms with Gasteiger partial charge in [0.15, 0.2) is 0 Å². The second kappa shape index (κ2) is 3.80. The van der Waals surface area contributed by atoms with Gasteiger partial charge >= 0.3 is 0 Å². The first kappa shape index (κ1) is 9.21. The number of hydrogen-bond donors (Lipinski definition) is 1. The van der Waals surface area contributed by atoms with Crippen LogP contribution in [0.4, 0.5) is 0 Å². The first-order chi connectivity index (χ1) is 6.83. The molecule has 70 valence electrons. The van der Waals surface area contributed by atoms with Gasteiger partial charge in [0, 0.05) is 10.0 Å². The summed E-state index contributed by atoms with van der Waals surface area (Å²) in [5.74, 6) is 5.12. The molecule has 2 nitrogen and oxygen atoms in total. The van der Waals surface area contributed by atoms with Crippen LogP contribution in [0.3, 0.4) is 0 Å².